The Morgan fingerprint density at radius 3 is 3.00 bits per heavy atom. The molecule has 0 aliphatic carbocycles. The molecule has 1 fully saturated rings. The van der Waals surface area contributed by atoms with Gasteiger partial charge in [-0.2, -0.15) is 0 Å². The first-order chi connectivity index (χ1) is 5.59. The lowest BCUT2D eigenvalue weighted by Crippen LogP contribution is -2.40. The largest absolute Gasteiger partial charge is 0.481 e. The quantitative estimate of drug-likeness (QED) is 0.673. The Morgan fingerprint density at radius 1 is 1.75 bits per heavy atom. The SMILES string of the molecule is CN1CCC(F)C(CC(=O)O)C1. The van der Waals surface area contributed by atoms with E-state index in [-0.39, 0.29) is 12.3 Å². The fourth-order valence-corrected chi connectivity index (χ4v) is 1.60. The Hall–Kier alpha value is -0.640. The van der Waals surface area contributed by atoms with E-state index in [2.05, 4.69) is 0 Å². The van der Waals surface area contributed by atoms with Crippen LogP contribution in [0, 0.1) is 5.92 Å². The zero-order valence-corrected chi connectivity index (χ0v) is 7.16. The van der Waals surface area contributed by atoms with Gasteiger partial charge in [0.25, 0.3) is 0 Å². The summed E-state index contributed by atoms with van der Waals surface area (Å²) in [5.41, 5.74) is 0. The molecule has 1 aliphatic heterocycles. The standard InChI is InChI=1S/C8H14FNO2/c1-10-3-2-7(9)6(5-10)4-8(11)12/h6-7H,2-5H2,1H3,(H,11,12). The second-order valence-electron chi connectivity index (χ2n) is 3.42. The number of nitrogens with zero attached hydrogens (tertiary/aromatic N) is 1. The summed E-state index contributed by atoms with van der Waals surface area (Å²) in [5.74, 6) is -1.22. The first-order valence-corrected chi connectivity index (χ1v) is 4.14. The van der Waals surface area contributed by atoms with Crippen molar-refractivity contribution in [3.8, 4) is 0 Å². The van der Waals surface area contributed by atoms with Gasteiger partial charge in [0.05, 0.1) is 6.42 Å². The number of aliphatic carboxylic acids is 1. The highest BCUT2D eigenvalue weighted by atomic mass is 19.1. The highest BCUT2D eigenvalue weighted by Crippen LogP contribution is 2.21. The molecule has 0 aromatic heterocycles. The van der Waals surface area contributed by atoms with Gasteiger partial charge in [-0.3, -0.25) is 4.79 Å². The van der Waals surface area contributed by atoms with Gasteiger partial charge in [-0.15, -0.1) is 0 Å². The summed E-state index contributed by atoms with van der Waals surface area (Å²) in [4.78, 5) is 12.3. The van der Waals surface area contributed by atoms with Gasteiger partial charge in [0.15, 0.2) is 0 Å². The average molecular weight is 175 g/mol. The second-order valence-corrected chi connectivity index (χ2v) is 3.42. The summed E-state index contributed by atoms with van der Waals surface area (Å²) >= 11 is 0. The van der Waals surface area contributed by atoms with E-state index in [0.29, 0.717) is 13.0 Å². The number of carboxylic acids is 1. The van der Waals surface area contributed by atoms with Gasteiger partial charge in [-0.05, 0) is 13.5 Å². The van der Waals surface area contributed by atoms with Gasteiger partial charge in [0.2, 0.25) is 0 Å². The Morgan fingerprint density at radius 2 is 2.42 bits per heavy atom. The van der Waals surface area contributed by atoms with Crippen molar-refractivity contribution in [1.82, 2.24) is 4.90 Å². The van der Waals surface area contributed by atoms with E-state index in [1.54, 1.807) is 0 Å². The van der Waals surface area contributed by atoms with Crippen LogP contribution in [-0.2, 0) is 4.79 Å². The zero-order valence-electron chi connectivity index (χ0n) is 7.16. The topological polar surface area (TPSA) is 40.5 Å². The molecule has 70 valence electrons. The highest BCUT2D eigenvalue weighted by Gasteiger charge is 2.28. The van der Waals surface area contributed by atoms with Crippen LogP contribution in [0.15, 0.2) is 0 Å². The van der Waals surface area contributed by atoms with Crippen LogP contribution in [0.3, 0.4) is 0 Å². The molecule has 4 heteroatoms. The number of hydrogen-bond acceptors (Lipinski definition) is 2. The molecule has 0 aromatic rings. The minimum atomic E-state index is -0.933. The third kappa shape index (κ3) is 2.44. The normalized spacial score (nSPS) is 31.8. The van der Waals surface area contributed by atoms with E-state index in [1.807, 2.05) is 11.9 Å². The van der Waals surface area contributed by atoms with Crippen LogP contribution in [0.1, 0.15) is 12.8 Å². The van der Waals surface area contributed by atoms with Crippen molar-refractivity contribution < 1.29 is 14.3 Å². The molecule has 1 saturated heterocycles. The fourth-order valence-electron chi connectivity index (χ4n) is 1.60. The highest BCUT2D eigenvalue weighted by molar-refractivity contribution is 5.67. The summed E-state index contributed by atoms with van der Waals surface area (Å²) in [6.07, 6.45) is -0.516. The summed E-state index contributed by atoms with van der Waals surface area (Å²) in [5, 5.41) is 8.48. The molecular weight excluding hydrogens is 161 g/mol. The minimum absolute atomic E-state index is 0.0501. The molecule has 1 aliphatic rings. The molecule has 0 radical (unpaired) electrons. The van der Waals surface area contributed by atoms with Crippen LogP contribution in [0.5, 0.6) is 0 Å². The van der Waals surface area contributed by atoms with E-state index in [0.717, 1.165) is 6.54 Å². The fraction of sp³-hybridized carbons (Fsp3) is 0.875. The molecule has 0 bridgehead atoms. The monoisotopic (exact) mass is 175 g/mol. The molecule has 2 unspecified atom stereocenters. The second kappa shape index (κ2) is 3.85. The van der Waals surface area contributed by atoms with E-state index in [4.69, 9.17) is 5.11 Å². The lowest BCUT2D eigenvalue weighted by atomic mass is 9.93. The maximum atomic E-state index is 13.1. The third-order valence-corrected chi connectivity index (χ3v) is 2.28. The molecule has 0 spiro atoms. The van der Waals surface area contributed by atoms with Gasteiger partial charge in [-0.1, -0.05) is 0 Å². The van der Waals surface area contributed by atoms with Crippen molar-refractivity contribution in [2.45, 2.75) is 19.0 Å². The molecule has 3 nitrogen and oxygen atoms in total. The summed E-state index contributed by atoms with van der Waals surface area (Å²) < 4.78 is 13.1. The van der Waals surface area contributed by atoms with Crippen LogP contribution in [0.25, 0.3) is 0 Å². The van der Waals surface area contributed by atoms with Crippen molar-refractivity contribution in [1.29, 1.82) is 0 Å². The third-order valence-electron chi connectivity index (χ3n) is 2.28. The van der Waals surface area contributed by atoms with Crippen LogP contribution >= 0.6 is 0 Å². The van der Waals surface area contributed by atoms with Gasteiger partial charge >= 0.3 is 5.97 Å². The van der Waals surface area contributed by atoms with Crippen LogP contribution in [0.2, 0.25) is 0 Å². The molecule has 0 amide bonds. The lowest BCUT2D eigenvalue weighted by Gasteiger charge is -2.31. The summed E-state index contributed by atoms with van der Waals surface area (Å²) in [7, 11) is 1.89. The van der Waals surface area contributed by atoms with E-state index in [9.17, 15) is 9.18 Å². The number of carbonyl (C=O) groups is 1. The van der Waals surface area contributed by atoms with Gasteiger partial charge in [-0.25, -0.2) is 4.39 Å². The van der Waals surface area contributed by atoms with Gasteiger partial charge < -0.3 is 10.0 Å². The molecule has 0 saturated carbocycles. The van der Waals surface area contributed by atoms with Crippen LogP contribution in [0.4, 0.5) is 4.39 Å². The molecule has 12 heavy (non-hydrogen) atoms. The van der Waals surface area contributed by atoms with E-state index >= 15 is 0 Å². The number of hydrogen-bond donors (Lipinski definition) is 1. The predicted molar refractivity (Wildman–Crippen MR) is 42.8 cm³/mol. The number of rotatable bonds is 2. The molecule has 2 atom stereocenters. The van der Waals surface area contributed by atoms with Crippen molar-refractivity contribution in [2.75, 3.05) is 20.1 Å². The number of likely N-dealkylation sites (tertiary alicyclic amines) is 1. The summed E-state index contributed by atoms with van der Waals surface area (Å²) in [6.45, 7) is 1.30. The smallest absolute Gasteiger partial charge is 0.303 e. The predicted octanol–water partition coefficient (Wildman–Crippen LogP) is 0.751. The Bertz CT molecular complexity index is 174. The van der Waals surface area contributed by atoms with Crippen molar-refractivity contribution in [3.05, 3.63) is 0 Å². The Labute approximate surface area is 71.2 Å². The minimum Gasteiger partial charge on any atom is -0.481 e. The Balaban J connectivity index is 2.43. The van der Waals surface area contributed by atoms with Gasteiger partial charge in [0, 0.05) is 19.0 Å². The van der Waals surface area contributed by atoms with E-state index < -0.39 is 12.1 Å². The molecule has 1 N–H and O–H groups in total. The van der Waals surface area contributed by atoms with Crippen LogP contribution in [-0.4, -0.2) is 42.3 Å². The van der Waals surface area contributed by atoms with Gasteiger partial charge in [0.1, 0.15) is 6.17 Å². The molecule has 1 heterocycles. The lowest BCUT2D eigenvalue weighted by molar-refractivity contribution is -0.139. The number of piperidine rings is 1. The van der Waals surface area contributed by atoms with Crippen molar-refractivity contribution >= 4 is 5.97 Å². The number of alkyl halides is 1. The first kappa shape index (κ1) is 9.45. The Kier molecular flexibility index (Phi) is 3.03. The zero-order chi connectivity index (χ0) is 9.14. The van der Waals surface area contributed by atoms with Crippen molar-refractivity contribution in [3.63, 3.8) is 0 Å². The molecule has 1 rings (SSSR count). The average Bonchev–Trinajstić information content (AvgIpc) is 1.96. The number of halogens is 1. The summed E-state index contributed by atoms with van der Waals surface area (Å²) in [6, 6.07) is 0. The van der Waals surface area contributed by atoms with Crippen LogP contribution < -0.4 is 0 Å². The van der Waals surface area contributed by atoms with Crippen molar-refractivity contribution in [2.24, 2.45) is 5.92 Å². The van der Waals surface area contributed by atoms with E-state index in [1.165, 1.54) is 0 Å². The maximum absolute atomic E-state index is 13.1. The first-order valence-electron chi connectivity index (χ1n) is 4.14. The number of carboxylic acid groups (broad SMARTS) is 1. The maximum Gasteiger partial charge on any atom is 0.303 e. The molecule has 0 aromatic carbocycles. The molecular formula is C8H14FNO2.